The van der Waals surface area contributed by atoms with Gasteiger partial charge in [-0.1, -0.05) is 11.8 Å². The first-order valence-electron chi connectivity index (χ1n) is 5.74. The van der Waals surface area contributed by atoms with Crippen LogP contribution in [0.25, 0.3) is 0 Å². The zero-order chi connectivity index (χ0) is 15.4. The summed E-state index contributed by atoms with van der Waals surface area (Å²) in [6, 6.07) is 4.20. The van der Waals surface area contributed by atoms with Gasteiger partial charge in [-0.25, -0.2) is 4.98 Å². The number of rotatable bonds is 5. The molecule has 0 unspecified atom stereocenters. The Labute approximate surface area is 137 Å². The van der Waals surface area contributed by atoms with Crippen LogP contribution in [0, 0.1) is 17.0 Å². The number of halogens is 1. The van der Waals surface area contributed by atoms with E-state index in [1.165, 1.54) is 41.3 Å². The van der Waals surface area contributed by atoms with Crippen LogP contribution in [0.1, 0.15) is 5.69 Å². The summed E-state index contributed by atoms with van der Waals surface area (Å²) in [4.78, 5) is 26.3. The predicted octanol–water partition coefficient (Wildman–Crippen LogP) is 3.85. The number of nitro groups is 1. The summed E-state index contributed by atoms with van der Waals surface area (Å²) in [5.41, 5.74) is 1.40. The van der Waals surface area contributed by atoms with Crippen molar-refractivity contribution >= 4 is 56.3 Å². The van der Waals surface area contributed by atoms with E-state index in [-0.39, 0.29) is 17.3 Å². The highest BCUT2D eigenvalue weighted by molar-refractivity contribution is 9.10. The molecule has 1 aromatic heterocycles. The number of carbonyl (C=O) groups is 1. The number of amides is 1. The Hall–Kier alpha value is -1.45. The highest BCUT2D eigenvalue weighted by atomic mass is 79.9. The third kappa shape index (κ3) is 4.51. The molecule has 0 aliphatic heterocycles. The number of anilines is 1. The Morgan fingerprint density at radius 1 is 1.57 bits per heavy atom. The average Bonchev–Trinajstić information content (AvgIpc) is 2.84. The van der Waals surface area contributed by atoms with Gasteiger partial charge in [0.1, 0.15) is 0 Å². The zero-order valence-corrected chi connectivity index (χ0v) is 14.0. The number of carbonyl (C=O) groups excluding carboxylic acids is 1. The van der Waals surface area contributed by atoms with Crippen LogP contribution in [0.3, 0.4) is 0 Å². The molecule has 0 radical (unpaired) electrons. The van der Waals surface area contributed by atoms with Crippen LogP contribution in [-0.4, -0.2) is 21.6 Å². The van der Waals surface area contributed by atoms with E-state index < -0.39 is 4.92 Å². The minimum absolute atomic E-state index is 0.0347. The van der Waals surface area contributed by atoms with E-state index in [1.54, 1.807) is 0 Å². The summed E-state index contributed by atoms with van der Waals surface area (Å²) in [5.74, 6) is 0.0403. The zero-order valence-electron chi connectivity index (χ0n) is 10.8. The molecule has 0 aliphatic rings. The molecule has 1 heterocycles. The number of thiazole rings is 1. The number of nitro benzene ring substituents is 1. The molecule has 0 spiro atoms. The van der Waals surface area contributed by atoms with Gasteiger partial charge in [-0.3, -0.25) is 14.9 Å². The van der Waals surface area contributed by atoms with Gasteiger partial charge in [-0.15, -0.1) is 11.3 Å². The standard InChI is InChI=1S/C12H10BrN3O3S2/c1-7-5-20-12(14-7)21-6-11(17)15-10-3-2-8(16(18)19)4-9(10)13/h2-5H,6H2,1H3,(H,15,17). The lowest BCUT2D eigenvalue weighted by molar-refractivity contribution is -0.384. The van der Waals surface area contributed by atoms with Crippen LogP contribution < -0.4 is 5.32 Å². The normalized spacial score (nSPS) is 10.4. The van der Waals surface area contributed by atoms with Crippen LogP contribution in [0.2, 0.25) is 0 Å². The molecule has 21 heavy (non-hydrogen) atoms. The molecule has 0 fully saturated rings. The van der Waals surface area contributed by atoms with Crippen molar-refractivity contribution in [3.8, 4) is 0 Å². The second-order valence-corrected chi connectivity index (χ2v) is 6.95. The van der Waals surface area contributed by atoms with Crippen molar-refractivity contribution in [1.82, 2.24) is 4.98 Å². The molecule has 2 rings (SSSR count). The number of non-ortho nitro benzene ring substituents is 1. The van der Waals surface area contributed by atoms with E-state index in [9.17, 15) is 14.9 Å². The Balaban J connectivity index is 1.94. The van der Waals surface area contributed by atoms with Gasteiger partial charge in [-0.05, 0) is 28.9 Å². The van der Waals surface area contributed by atoms with Crippen LogP contribution in [0.15, 0.2) is 32.4 Å². The highest BCUT2D eigenvalue weighted by Crippen LogP contribution is 2.28. The van der Waals surface area contributed by atoms with Crippen LogP contribution >= 0.6 is 39.0 Å². The lowest BCUT2D eigenvalue weighted by atomic mass is 10.3. The second-order valence-electron chi connectivity index (χ2n) is 4.01. The fraction of sp³-hybridized carbons (Fsp3) is 0.167. The number of hydrogen-bond donors (Lipinski definition) is 1. The first-order chi connectivity index (χ1) is 9.95. The molecule has 0 saturated carbocycles. The molecule has 9 heteroatoms. The Kier molecular flexibility index (Phi) is 5.32. The maximum Gasteiger partial charge on any atom is 0.270 e. The molecule has 110 valence electrons. The maximum atomic E-state index is 11.9. The van der Waals surface area contributed by atoms with Gasteiger partial charge in [0.2, 0.25) is 5.91 Å². The maximum absolute atomic E-state index is 11.9. The molecule has 1 aromatic carbocycles. The van der Waals surface area contributed by atoms with E-state index in [4.69, 9.17) is 0 Å². The summed E-state index contributed by atoms with van der Waals surface area (Å²) in [6.07, 6.45) is 0. The van der Waals surface area contributed by atoms with E-state index in [1.807, 2.05) is 12.3 Å². The molecule has 0 atom stereocenters. The monoisotopic (exact) mass is 387 g/mol. The van der Waals surface area contributed by atoms with Crippen molar-refractivity contribution in [3.05, 3.63) is 43.9 Å². The average molecular weight is 388 g/mol. The smallest absolute Gasteiger partial charge is 0.270 e. The lowest BCUT2D eigenvalue weighted by Crippen LogP contribution is -2.14. The third-order valence-electron chi connectivity index (χ3n) is 2.36. The number of aryl methyl sites for hydroxylation is 1. The summed E-state index contributed by atoms with van der Waals surface area (Å²) >= 11 is 6.06. The quantitative estimate of drug-likeness (QED) is 0.478. The van der Waals surface area contributed by atoms with Gasteiger partial charge in [0, 0.05) is 27.7 Å². The summed E-state index contributed by atoms with van der Waals surface area (Å²) < 4.78 is 1.31. The molecule has 1 N–H and O–H groups in total. The van der Waals surface area contributed by atoms with Crippen molar-refractivity contribution in [1.29, 1.82) is 0 Å². The third-order valence-corrected chi connectivity index (χ3v) is 5.16. The van der Waals surface area contributed by atoms with E-state index in [0.717, 1.165) is 10.0 Å². The van der Waals surface area contributed by atoms with Crippen molar-refractivity contribution in [2.24, 2.45) is 0 Å². The van der Waals surface area contributed by atoms with Gasteiger partial charge in [0.05, 0.1) is 16.4 Å². The van der Waals surface area contributed by atoms with Crippen molar-refractivity contribution in [2.75, 3.05) is 11.1 Å². The summed E-state index contributed by atoms with van der Waals surface area (Å²) in [6.45, 7) is 1.90. The minimum Gasteiger partial charge on any atom is -0.324 e. The van der Waals surface area contributed by atoms with Gasteiger partial charge < -0.3 is 5.32 Å². The van der Waals surface area contributed by atoms with Crippen molar-refractivity contribution in [2.45, 2.75) is 11.3 Å². The van der Waals surface area contributed by atoms with Crippen LogP contribution in [0.5, 0.6) is 0 Å². The first-order valence-corrected chi connectivity index (χ1v) is 8.40. The van der Waals surface area contributed by atoms with Crippen LogP contribution in [0.4, 0.5) is 11.4 Å². The number of benzene rings is 1. The first kappa shape index (κ1) is 15.9. The van der Waals surface area contributed by atoms with Gasteiger partial charge in [-0.2, -0.15) is 0 Å². The highest BCUT2D eigenvalue weighted by Gasteiger charge is 2.12. The van der Waals surface area contributed by atoms with E-state index in [2.05, 4.69) is 26.2 Å². The van der Waals surface area contributed by atoms with Crippen molar-refractivity contribution in [3.63, 3.8) is 0 Å². The van der Waals surface area contributed by atoms with Gasteiger partial charge in [0.15, 0.2) is 4.34 Å². The van der Waals surface area contributed by atoms with E-state index in [0.29, 0.717) is 10.2 Å². The lowest BCUT2D eigenvalue weighted by Gasteiger charge is -2.06. The molecular weight excluding hydrogens is 378 g/mol. The topological polar surface area (TPSA) is 85.1 Å². The Morgan fingerprint density at radius 3 is 2.90 bits per heavy atom. The largest absolute Gasteiger partial charge is 0.324 e. The SMILES string of the molecule is Cc1csc(SCC(=O)Nc2ccc([N+](=O)[O-])cc2Br)n1. The van der Waals surface area contributed by atoms with E-state index >= 15 is 0 Å². The molecule has 2 aromatic rings. The molecule has 1 amide bonds. The predicted molar refractivity (Wildman–Crippen MR) is 87.0 cm³/mol. The second kappa shape index (κ2) is 7.01. The molecule has 6 nitrogen and oxygen atoms in total. The molecule has 0 saturated heterocycles. The number of nitrogens with zero attached hydrogens (tertiary/aromatic N) is 2. The molecule has 0 bridgehead atoms. The number of thioether (sulfide) groups is 1. The van der Waals surface area contributed by atoms with Crippen molar-refractivity contribution < 1.29 is 9.72 Å². The number of nitrogens with one attached hydrogen (secondary N) is 1. The van der Waals surface area contributed by atoms with Gasteiger partial charge in [0.25, 0.3) is 5.69 Å². The molecular formula is C12H10BrN3O3S2. The Bertz CT molecular complexity index is 690. The van der Waals surface area contributed by atoms with Gasteiger partial charge >= 0.3 is 0 Å². The minimum atomic E-state index is -0.489. The van der Waals surface area contributed by atoms with Crippen LogP contribution in [-0.2, 0) is 4.79 Å². The Morgan fingerprint density at radius 2 is 2.33 bits per heavy atom. The molecule has 0 aliphatic carbocycles. The fourth-order valence-corrected chi connectivity index (χ4v) is 3.55. The number of hydrogen-bond acceptors (Lipinski definition) is 6. The fourth-order valence-electron chi connectivity index (χ4n) is 1.43. The number of aromatic nitrogens is 1. The summed E-state index contributed by atoms with van der Waals surface area (Å²) in [5, 5.41) is 15.3. The summed E-state index contributed by atoms with van der Waals surface area (Å²) in [7, 11) is 0.